The van der Waals surface area contributed by atoms with E-state index in [1.54, 1.807) is 0 Å². The third kappa shape index (κ3) is 2.97. The van der Waals surface area contributed by atoms with Crippen molar-refractivity contribution in [1.29, 1.82) is 0 Å². The Labute approximate surface area is 78.8 Å². The molecule has 1 heterocycles. The van der Waals surface area contributed by atoms with Gasteiger partial charge in [-0.05, 0) is 39.8 Å². The highest BCUT2D eigenvalue weighted by Gasteiger charge is 2.30. The lowest BCUT2D eigenvalue weighted by molar-refractivity contribution is -0.161. The number of hydrogen-bond donors (Lipinski definition) is 2. The first-order valence-electron chi connectivity index (χ1n) is 4.71. The van der Waals surface area contributed by atoms with E-state index in [9.17, 15) is 4.79 Å². The summed E-state index contributed by atoms with van der Waals surface area (Å²) >= 11 is 0. The van der Waals surface area contributed by atoms with Gasteiger partial charge in [-0.1, -0.05) is 0 Å². The highest BCUT2D eigenvalue weighted by molar-refractivity contribution is 5.77. The molecule has 0 aromatic carbocycles. The van der Waals surface area contributed by atoms with Crippen molar-refractivity contribution >= 4 is 5.97 Å². The van der Waals surface area contributed by atoms with E-state index >= 15 is 0 Å². The Kier molecular flexibility index (Phi) is 3.27. The molecule has 0 bridgehead atoms. The number of nitrogens with one attached hydrogen (secondary N) is 1. The van der Waals surface area contributed by atoms with Crippen molar-refractivity contribution < 1.29 is 9.53 Å². The van der Waals surface area contributed by atoms with E-state index in [-0.39, 0.29) is 12.0 Å². The van der Waals surface area contributed by atoms with Gasteiger partial charge in [-0.15, -0.1) is 0 Å². The van der Waals surface area contributed by atoms with Crippen molar-refractivity contribution in [2.75, 3.05) is 13.1 Å². The maximum atomic E-state index is 11.4. The SMILES string of the molecule is CC(C)(CCN)OC(=O)[C@@H]1CCN1. The lowest BCUT2D eigenvalue weighted by Gasteiger charge is -2.31. The average molecular weight is 186 g/mol. The monoisotopic (exact) mass is 186 g/mol. The van der Waals surface area contributed by atoms with E-state index in [0.717, 1.165) is 13.0 Å². The summed E-state index contributed by atoms with van der Waals surface area (Å²) in [5.41, 5.74) is 4.98. The molecule has 0 amide bonds. The van der Waals surface area contributed by atoms with Crippen molar-refractivity contribution in [3.63, 3.8) is 0 Å². The van der Waals surface area contributed by atoms with Gasteiger partial charge in [-0.25, -0.2) is 0 Å². The van der Waals surface area contributed by atoms with Crippen LogP contribution >= 0.6 is 0 Å². The molecule has 0 aromatic rings. The Bertz CT molecular complexity index is 188. The fraction of sp³-hybridized carbons (Fsp3) is 0.889. The Balaban J connectivity index is 2.32. The van der Waals surface area contributed by atoms with Crippen molar-refractivity contribution in [1.82, 2.24) is 5.32 Å². The highest BCUT2D eigenvalue weighted by Crippen LogP contribution is 2.16. The van der Waals surface area contributed by atoms with Crippen LogP contribution in [0.2, 0.25) is 0 Å². The summed E-state index contributed by atoms with van der Waals surface area (Å²) in [5.74, 6) is -0.148. The minimum Gasteiger partial charge on any atom is -0.458 e. The fourth-order valence-electron chi connectivity index (χ4n) is 1.23. The maximum Gasteiger partial charge on any atom is 0.323 e. The smallest absolute Gasteiger partial charge is 0.323 e. The van der Waals surface area contributed by atoms with Crippen LogP contribution in [0, 0.1) is 0 Å². The second-order valence-electron chi connectivity index (χ2n) is 4.01. The number of carbonyl (C=O) groups excluding carboxylic acids is 1. The normalized spacial score (nSPS) is 22.2. The molecule has 1 aliphatic rings. The first kappa shape index (κ1) is 10.5. The van der Waals surface area contributed by atoms with E-state index in [1.165, 1.54) is 0 Å². The number of carbonyl (C=O) groups is 1. The summed E-state index contributed by atoms with van der Waals surface area (Å²) in [6.45, 7) is 5.22. The van der Waals surface area contributed by atoms with Crippen LogP contribution in [-0.2, 0) is 9.53 Å². The maximum absolute atomic E-state index is 11.4. The zero-order chi connectivity index (χ0) is 9.90. The Morgan fingerprint density at radius 2 is 2.31 bits per heavy atom. The molecule has 3 N–H and O–H groups in total. The van der Waals surface area contributed by atoms with Crippen molar-refractivity contribution in [3.05, 3.63) is 0 Å². The minimum absolute atomic E-state index is 0.0861. The molecule has 1 saturated heterocycles. The molecule has 0 radical (unpaired) electrons. The zero-order valence-electron chi connectivity index (χ0n) is 8.30. The van der Waals surface area contributed by atoms with Gasteiger partial charge in [0.05, 0.1) is 0 Å². The van der Waals surface area contributed by atoms with Gasteiger partial charge < -0.3 is 15.8 Å². The van der Waals surface area contributed by atoms with Crippen LogP contribution < -0.4 is 11.1 Å². The topological polar surface area (TPSA) is 64.3 Å². The molecule has 76 valence electrons. The van der Waals surface area contributed by atoms with E-state index in [1.807, 2.05) is 13.8 Å². The molecule has 4 heteroatoms. The molecule has 0 aromatic heterocycles. The standard InChI is InChI=1S/C9H18N2O2/c1-9(2,4-5-10)13-8(12)7-3-6-11-7/h7,11H,3-6,10H2,1-2H3/t7-/m0/s1. The second-order valence-corrected chi connectivity index (χ2v) is 4.01. The summed E-state index contributed by atoms with van der Waals surface area (Å²) < 4.78 is 5.30. The van der Waals surface area contributed by atoms with Gasteiger partial charge in [0, 0.05) is 0 Å². The Hall–Kier alpha value is -0.610. The number of rotatable bonds is 4. The van der Waals surface area contributed by atoms with Crippen LogP contribution in [0.1, 0.15) is 26.7 Å². The molecule has 0 unspecified atom stereocenters. The number of esters is 1. The summed E-state index contributed by atoms with van der Waals surface area (Å²) in [7, 11) is 0. The predicted molar refractivity (Wildman–Crippen MR) is 50.3 cm³/mol. The molecule has 0 aliphatic carbocycles. The molecule has 1 fully saturated rings. The summed E-state index contributed by atoms with van der Waals surface area (Å²) in [6, 6.07) is -0.0861. The second kappa shape index (κ2) is 4.07. The van der Waals surface area contributed by atoms with Gasteiger partial charge in [0.15, 0.2) is 0 Å². The molecule has 0 spiro atoms. The minimum atomic E-state index is -0.427. The van der Waals surface area contributed by atoms with Crippen LogP contribution in [0.4, 0.5) is 0 Å². The summed E-state index contributed by atoms with van der Waals surface area (Å²) in [4.78, 5) is 11.4. The fourth-order valence-corrected chi connectivity index (χ4v) is 1.23. The van der Waals surface area contributed by atoms with E-state index in [4.69, 9.17) is 10.5 Å². The molecule has 0 saturated carbocycles. The molecular formula is C9H18N2O2. The first-order chi connectivity index (χ1) is 6.05. The van der Waals surface area contributed by atoms with Crippen LogP contribution in [0.25, 0.3) is 0 Å². The van der Waals surface area contributed by atoms with Crippen LogP contribution in [-0.4, -0.2) is 30.7 Å². The number of nitrogens with two attached hydrogens (primary N) is 1. The van der Waals surface area contributed by atoms with Gasteiger partial charge in [-0.2, -0.15) is 0 Å². The van der Waals surface area contributed by atoms with Gasteiger partial charge >= 0.3 is 5.97 Å². The number of hydrogen-bond acceptors (Lipinski definition) is 4. The van der Waals surface area contributed by atoms with Gasteiger partial charge in [0.2, 0.25) is 0 Å². The molecule has 1 rings (SSSR count). The van der Waals surface area contributed by atoms with Crippen molar-refractivity contribution in [3.8, 4) is 0 Å². The quantitative estimate of drug-likeness (QED) is 0.607. The van der Waals surface area contributed by atoms with Gasteiger partial charge in [0.25, 0.3) is 0 Å². The summed E-state index contributed by atoms with van der Waals surface area (Å²) in [5, 5.41) is 3.00. The molecular weight excluding hydrogens is 168 g/mol. The number of ether oxygens (including phenoxy) is 1. The largest absolute Gasteiger partial charge is 0.458 e. The van der Waals surface area contributed by atoms with Crippen molar-refractivity contribution in [2.24, 2.45) is 5.73 Å². The molecule has 1 aliphatic heterocycles. The molecule has 4 nitrogen and oxygen atoms in total. The van der Waals surface area contributed by atoms with Crippen LogP contribution in [0.5, 0.6) is 0 Å². The zero-order valence-corrected chi connectivity index (χ0v) is 8.30. The van der Waals surface area contributed by atoms with E-state index < -0.39 is 5.60 Å². The predicted octanol–water partition coefficient (Wildman–Crippen LogP) is 0.0189. The van der Waals surface area contributed by atoms with Gasteiger partial charge in [0.1, 0.15) is 11.6 Å². The van der Waals surface area contributed by atoms with Gasteiger partial charge in [-0.3, -0.25) is 4.79 Å². The van der Waals surface area contributed by atoms with Crippen LogP contribution in [0.15, 0.2) is 0 Å². The van der Waals surface area contributed by atoms with Crippen LogP contribution in [0.3, 0.4) is 0 Å². The molecule has 1 atom stereocenters. The molecule has 13 heavy (non-hydrogen) atoms. The lowest BCUT2D eigenvalue weighted by Crippen LogP contribution is -2.51. The van der Waals surface area contributed by atoms with Crippen molar-refractivity contribution in [2.45, 2.75) is 38.3 Å². The lowest BCUT2D eigenvalue weighted by atomic mass is 10.0. The third-order valence-electron chi connectivity index (χ3n) is 2.23. The Morgan fingerprint density at radius 1 is 1.69 bits per heavy atom. The summed E-state index contributed by atoms with van der Waals surface area (Å²) in [6.07, 6.45) is 1.59. The first-order valence-corrected chi connectivity index (χ1v) is 4.71. The third-order valence-corrected chi connectivity index (χ3v) is 2.23. The Morgan fingerprint density at radius 3 is 2.69 bits per heavy atom. The highest BCUT2D eigenvalue weighted by atomic mass is 16.6. The van der Waals surface area contributed by atoms with E-state index in [0.29, 0.717) is 13.0 Å². The van der Waals surface area contributed by atoms with E-state index in [2.05, 4.69) is 5.32 Å². The average Bonchev–Trinajstić information content (AvgIpc) is 1.79.